The highest BCUT2D eigenvalue weighted by atomic mass is 16.5. The van der Waals surface area contributed by atoms with Crippen LogP contribution in [0.5, 0.6) is 0 Å². The Bertz CT molecular complexity index is 690. The average Bonchev–Trinajstić information content (AvgIpc) is 3.15. The molecule has 1 fully saturated rings. The number of morpholine rings is 1. The fourth-order valence-corrected chi connectivity index (χ4v) is 3.09. The normalized spacial score (nSPS) is 15.1. The van der Waals surface area contributed by atoms with Gasteiger partial charge >= 0.3 is 5.97 Å². The third kappa shape index (κ3) is 5.17. The van der Waals surface area contributed by atoms with Gasteiger partial charge in [-0.05, 0) is 31.2 Å². The van der Waals surface area contributed by atoms with E-state index < -0.39 is 0 Å². The average molecular weight is 360 g/mol. The summed E-state index contributed by atoms with van der Waals surface area (Å²) in [5.74, 6) is 1.49. The lowest BCUT2D eigenvalue weighted by Gasteiger charge is -2.22. The molecule has 1 aliphatic rings. The van der Waals surface area contributed by atoms with Crippen molar-refractivity contribution in [2.24, 2.45) is 0 Å². The minimum absolute atomic E-state index is 0.295. The Labute approximate surface area is 154 Å². The van der Waals surface area contributed by atoms with Gasteiger partial charge in [0, 0.05) is 5.56 Å². The summed E-state index contributed by atoms with van der Waals surface area (Å²) >= 11 is 0. The number of carbonyl (C=O) groups is 1. The molecule has 1 saturated heterocycles. The molecule has 0 bridgehead atoms. The van der Waals surface area contributed by atoms with Gasteiger partial charge in [-0.1, -0.05) is 12.1 Å². The molecule has 6 heteroatoms. The van der Waals surface area contributed by atoms with Gasteiger partial charge < -0.3 is 24.1 Å². The van der Waals surface area contributed by atoms with Crippen molar-refractivity contribution in [3.05, 3.63) is 47.7 Å². The second kappa shape index (κ2) is 9.52. The molecule has 0 aliphatic carbocycles. The van der Waals surface area contributed by atoms with Crippen LogP contribution in [-0.4, -0.2) is 52.0 Å². The molecule has 26 heavy (non-hydrogen) atoms. The first kappa shape index (κ1) is 18.6. The molecule has 0 spiro atoms. The number of furan rings is 1. The van der Waals surface area contributed by atoms with E-state index in [0.29, 0.717) is 12.2 Å². The van der Waals surface area contributed by atoms with Gasteiger partial charge in [0.15, 0.2) is 5.76 Å². The van der Waals surface area contributed by atoms with E-state index >= 15 is 0 Å². The monoisotopic (exact) mass is 360 g/mol. The SMILES string of the molecule is CCOC(=O)c1ccc(-c2ccc(C[NH2+]CC[NH+]3CCOCC3)o2)cc1. The van der Waals surface area contributed by atoms with Crippen LogP contribution >= 0.6 is 0 Å². The highest BCUT2D eigenvalue weighted by molar-refractivity contribution is 5.89. The number of rotatable bonds is 8. The summed E-state index contributed by atoms with van der Waals surface area (Å²) in [6, 6.07) is 11.3. The van der Waals surface area contributed by atoms with Gasteiger partial charge in [0.25, 0.3) is 0 Å². The lowest BCUT2D eigenvalue weighted by molar-refractivity contribution is -0.920. The zero-order valence-electron chi connectivity index (χ0n) is 15.3. The number of benzene rings is 1. The number of hydrogen-bond acceptors (Lipinski definition) is 4. The summed E-state index contributed by atoms with van der Waals surface area (Å²) in [5.41, 5.74) is 1.52. The number of nitrogens with two attached hydrogens (primary N) is 1. The second-order valence-electron chi connectivity index (χ2n) is 6.46. The van der Waals surface area contributed by atoms with Crippen molar-refractivity contribution in [3.8, 4) is 11.3 Å². The van der Waals surface area contributed by atoms with E-state index in [1.165, 1.54) is 0 Å². The maximum atomic E-state index is 11.7. The smallest absolute Gasteiger partial charge is 0.338 e. The van der Waals surface area contributed by atoms with Crippen molar-refractivity contribution in [1.82, 2.24) is 0 Å². The van der Waals surface area contributed by atoms with Crippen LogP contribution < -0.4 is 10.2 Å². The highest BCUT2D eigenvalue weighted by Crippen LogP contribution is 2.22. The first-order valence-corrected chi connectivity index (χ1v) is 9.35. The molecular weight excluding hydrogens is 332 g/mol. The fraction of sp³-hybridized carbons (Fsp3) is 0.450. The van der Waals surface area contributed by atoms with Gasteiger partial charge in [-0.15, -0.1) is 0 Å². The fourth-order valence-electron chi connectivity index (χ4n) is 3.09. The molecular formula is C20H28N2O4+2. The van der Waals surface area contributed by atoms with E-state index in [1.807, 2.05) is 24.3 Å². The Morgan fingerprint density at radius 2 is 1.92 bits per heavy atom. The first-order chi connectivity index (χ1) is 12.8. The van der Waals surface area contributed by atoms with Crippen LogP contribution in [0.1, 0.15) is 23.0 Å². The van der Waals surface area contributed by atoms with E-state index in [0.717, 1.165) is 63.0 Å². The summed E-state index contributed by atoms with van der Waals surface area (Å²) in [7, 11) is 0. The largest absolute Gasteiger partial charge is 0.462 e. The maximum absolute atomic E-state index is 11.7. The van der Waals surface area contributed by atoms with Gasteiger partial charge in [-0.25, -0.2) is 4.79 Å². The van der Waals surface area contributed by atoms with Gasteiger partial charge in [-0.3, -0.25) is 0 Å². The number of esters is 1. The third-order valence-electron chi connectivity index (χ3n) is 4.59. The van der Waals surface area contributed by atoms with Crippen molar-refractivity contribution in [3.63, 3.8) is 0 Å². The number of quaternary nitrogens is 2. The Morgan fingerprint density at radius 3 is 2.65 bits per heavy atom. The molecule has 0 unspecified atom stereocenters. The standard InChI is InChI=1S/C20H26N2O4/c1-2-25-20(23)17-5-3-16(4-6-17)19-8-7-18(26-19)15-21-9-10-22-11-13-24-14-12-22/h3-8,21H,2,9-15H2,1H3/p+2. The molecule has 2 heterocycles. The zero-order valence-corrected chi connectivity index (χ0v) is 15.3. The third-order valence-corrected chi connectivity index (χ3v) is 4.59. The number of ether oxygens (including phenoxy) is 2. The Kier molecular flexibility index (Phi) is 6.82. The number of carbonyl (C=O) groups excluding carboxylic acids is 1. The van der Waals surface area contributed by atoms with Crippen molar-refractivity contribution in [2.75, 3.05) is 46.0 Å². The highest BCUT2D eigenvalue weighted by Gasteiger charge is 2.14. The molecule has 0 atom stereocenters. The number of hydrogen-bond donors (Lipinski definition) is 2. The lowest BCUT2D eigenvalue weighted by atomic mass is 10.1. The van der Waals surface area contributed by atoms with E-state index in [2.05, 4.69) is 5.32 Å². The Balaban J connectivity index is 1.47. The minimum atomic E-state index is -0.295. The molecule has 0 amide bonds. The van der Waals surface area contributed by atoms with Crippen LogP contribution in [0, 0.1) is 0 Å². The molecule has 1 aliphatic heterocycles. The Morgan fingerprint density at radius 1 is 1.15 bits per heavy atom. The van der Waals surface area contributed by atoms with Crippen molar-refractivity contribution < 1.29 is 28.9 Å². The van der Waals surface area contributed by atoms with Gasteiger partial charge in [0.1, 0.15) is 38.5 Å². The quantitative estimate of drug-likeness (QED) is 0.518. The zero-order chi connectivity index (χ0) is 18.2. The lowest BCUT2D eigenvalue weighted by Crippen LogP contribution is -3.16. The van der Waals surface area contributed by atoms with E-state index in [1.54, 1.807) is 24.0 Å². The first-order valence-electron chi connectivity index (χ1n) is 9.35. The molecule has 6 nitrogen and oxygen atoms in total. The molecule has 140 valence electrons. The van der Waals surface area contributed by atoms with Crippen LogP contribution in [0.2, 0.25) is 0 Å². The molecule has 3 N–H and O–H groups in total. The minimum Gasteiger partial charge on any atom is -0.462 e. The van der Waals surface area contributed by atoms with Gasteiger partial charge in [0.2, 0.25) is 0 Å². The molecule has 3 rings (SSSR count). The summed E-state index contributed by atoms with van der Waals surface area (Å²) in [5, 5.41) is 2.29. The molecule has 0 saturated carbocycles. The summed E-state index contributed by atoms with van der Waals surface area (Å²) in [6.07, 6.45) is 0. The van der Waals surface area contributed by atoms with E-state index in [9.17, 15) is 4.79 Å². The van der Waals surface area contributed by atoms with Crippen LogP contribution in [0.15, 0.2) is 40.8 Å². The van der Waals surface area contributed by atoms with E-state index in [4.69, 9.17) is 13.9 Å². The van der Waals surface area contributed by atoms with Crippen LogP contribution in [0.4, 0.5) is 0 Å². The molecule has 1 aromatic carbocycles. The van der Waals surface area contributed by atoms with Gasteiger partial charge in [-0.2, -0.15) is 0 Å². The van der Waals surface area contributed by atoms with Gasteiger partial charge in [0.05, 0.1) is 25.4 Å². The predicted molar refractivity (Wildman–Crippen MR) is 97.0 cm³/mol. The topological polar surface area (TPSA) is 69.7 Å². The van der Waals surface area contributed by atoms with Crippen LogP contribution in [0.3, 0.4) is 0 Å². The second-order valence-corrected chi connectivity index (χ2v) is 6.46. The molecule has 2 aromatic rings. The van der Waals surface area contributed by atoms with Crippen LogP contribution in [-0.2, 0) is 16.0 Å². The number of nitrogens with one attached hydrogen (secondary N) is 1. The summed E-state index contributed by atoms with van der Waals surface area (Å²) in [4.78, 5) is 13.3. The van der Waals surface area contributed by atoms with E-state index in [-0.39, 0.29) is 5.97 Å². The summed E-state index contributed by atoms with van der Waals surface area (Å²) < 4.78 is 16.3. The summed E-state index contributed by atoms with van der Waals surface area (Å²) in [6.45, 7) is 9.25. The van der Waals surface area contributed by atoms with Crippen LogP contribution in [0.25, 0.3) is 11.3 Å². The van der Waals surface area contributed by atoms with Crippen molar-refractivity contribution in [1.29, 1.82) is 0 Å². The molecule has 1 aromatic heterocycles. The predicted octanol–water partition coefficient (Wildman–Crippen LogP) is 0.102. The Hall–Kier alpha value is -2.15. The van der Waals surface area contributed by atoms with Crippen molar-refractivity contribution >= 4 is 5.97 Å². The maximum Gasteiger partial charge on any atom is 0.338 e. The van der Waals surface area contributed by atoms with Crippen molar-refractivity contribution in [2.45, 2.75) is 13.5 Å². The molecule has 0 radical (unpaired) electrons.